The Kier molecular flexibility index (Phi) is 5.81. The molecule has 164 valence electrons. The molecular weight excluding hydrogens is 408 g/mol. The van der Waals surface area contributed by atoms with Crippen LogP contribution in [0.3, 0.4) is 0 Å². The van der Waals surface area contributed by atoms with Gasteiger partial charge in [0.1, 0.15) is 0 Å². The van der Waals surface area contributed by atoms with Crippen molar-refractivity contribution in [1.82, 2.24) is 4.90 Å². The lowest BCUT2D eigenvalue weighted by atomic mass is 9.93. The fraction of sp³-hybridized carbons (Fsp3) is 0.240. The Morgan fingerprint density at radius 3 is 2.25 bits per heavy atom. The predicted octanol–water partition coefficient (Wildman–Crippen LogP) is 4.64. The number of likely N-dealkylation sites (tertiary alicyclic amines) is 1. The first-order chi connectivity index (χ1) is 15.4. The maximum atomic E-state index is 13.0. The summed E-state index contributed by atoms with van der Waals surface area (Å²) in [5.74, 6) is -0.769. The van der Waals surface area contributed by atoms with Gasteiger partial charge >= 0.3 is 6.09 Å². The minimum Gasteiger partial charge on any atom is -0.473 e. The van der Waals surface area contributed by atoms with Crippen molar-refractivity contribution in [3.8, 4) is 0 Å². The van der Waals surface area contributed by atoms with Crippen LogP contribution in [0.1, 0.15) is 38.3 Å². The maximum absolute atomic E-state index is 13.0. The van der Waals surface area contributed by atoms with Gasteiger partial charge in [0.05, 0.1) is 17.9 Å². The molecule has 2 aromatic carbocycles. The molecule has 2 atom stereocenters. The van der Waals surface area contributed by atoms with E-state index in [1.807, 2.05) is 67.6 Å². The molecule has 2 aliphatic rings. The number of hydrogen-bond acceptors (Lipinski definition) is 4. The van der Waals surface area contributed by atoms with Gasteiger partial charge in [0.2, 0.25) is 6.23 Å². The Bertz CT molecular complexity index is 1110. The van der Waals surface area contributed by atoms with Crippen LogP contribution in [-0.2, 0) is 14.3 Å². The number of anilines is 1. The maximum Gasteiger partial charge on any atom is 0.414 e. The zero-order chi connectivity index (χ0) is 22.8. The summed E-state index contributed by atoms with van der Waals surface area (Å²) in [5, 5.41) is 9.72. The molecule has 1 N–H and O–H groups in total. The first-order valence-corrected chi connectivity index (χ1v) is 10.4. The third-order valence-corrected chi connectivity index (χ3v) is 5.99. The molecule has 7 heteroatoms. The van der Waals surface area contributed by atoms with Crippen LogP contribution in [0.15, 0.2) is 83.6 Å². The van der Waals surface area contributed by atoms with Gasteiger partial charge in [-0.2, -0.15) is 0 Å². The highest BCUT2D eigenvalue weighted by molar-refractivity contribution is 6.09. The minimum atomic E-state index is -1.30. The van der Waals surface area contributed by atoms with E-state index in [1.165, 1.54) is 11.2 Å². The molecule has 2 aliphatic heterocycles. The molecule has 0 bridgehead atoms. The molecule has 0 aliphatic carbocycles. The molecule has 32 heavy (non-hydrogen) atoms. The molecule has 3 amide bonds. The number of nitrogens with zero attached hydrogens (tertiary/aromatic N) is 2. The molecule has 0 saturated carbocycles. The quantitative estimate of drug-likeness (QED) is 0.562. The van der Waals surface area contributed by atoms with Crippen LogP contribution in [0.25, 0.3) is 0 Å². The molecule has 0 spiro atoms. The van der Waals surface area contributed by atoms with Gasteiger partial charge in [0.15, 0.2) is 0 Å². The summed E-state index contributed by atoms with van der Waals surface area (Å²) in [6.07, 6.45) is 0.140. The number of imide groups is 1. The van der Waals surface area contributed by atoms with Gasteiger partial charge in [-0.05, 0) is 50.0 Å². The number of benzene rings is 2. The molecule has 4 rings (SSSR count). The zero-order valence-electron chi connectivity index (χ0n) is 17.9. The van der Waals surface area contributed by atoms with Crippen molar-refractivity contribution >= 4 is 23.6 Å². The van der Waals surface area contributed by atoms with Gasteiger partial charge in [-0.15, -0.1) is 0 Å². The van der Waals surface area contributed by atoms with E-state index in [0.717, 1.165) is 16.0 Å². The number of carbonyl (C=O) groups excluding carboxylic acids is 2. The Morgan fingerprint density at radius 2 is 1.62 bits per heavy atom. The summed E-state index contributed by atoms with van der Waals surface area (Å²) in [5.41, 5.74) is 3.05. The molecule has 2 aromatic rings. The average Bonchev–Trinajstić information content (AvgIpc) is 3.02. The largest absolute Gasteiger partial charge is 0.473 e. The summed E-state index contributed by atoms with van der Waals surface area (Å²) in [6, 6.07) is 17.7. The number of amides is 3. The summed E-state index contributed by atoms with van der Waals surface area (Å²) in [4.78, 5) is 40.1. The number of ether oxygens (including phenoxy) is 1. The third-order valence-electron chi connectivity index (χ3n) is 5.99. The van der Waals surface area contributed by atoms with Gasteiger partial charge in [-0.3, -0.25) is 14.5 Å². The summed E-state index contributed by atoms with van der Waals surface area (Å²) < 4.78 is 5.95. The topological polar surface area (TPSA) is 87.2 Å². The molecule has 1 saturated heterocycles. The monoisotopic (exact) mass is 432 g/mol. The normalized spacial score (nSPS) is 22.6. The first-order valence-electron chi connectivity index (χ1n) is 10.4. The lowest BCUT2D eigenvalue weighted by molar-refractivity contribution is -0.129. The zero-order valence-corrected chi connectivity index (χ0v) is 17.9. The van der Waals surface area contributed by atoms with Crippen LogP contribution in [0, 0.1) is 0 Å². The number of piperidine rings is 1. The van der Waals surface area contributed by atoms with Crippen molar-refractivity contribution in [1.29, 1.82) is 0 Å². The number of para-hydroxylation sites is 1. The van der Waals surface area contributed by atoms with Crippen LogP contribution in [0.5, 0.6) is 0 Å². The van der Waals surface area contributed by atoms with E-state index >= 15 is 0 Å². The van der Waals surface area contributed by atoms with E-state index in [-0.39, 0.29) is 11.5 Å². The van der Waals surface area contributed by atoms with E-state index in [0.29, 0.717) is 24.1 Å². The Labute approximate surface area is 186 Å². The Hall–Kier alpha value is -3.87. The van der Waals surface area contributed by atoms with Crippen molar-refractivity contribution in [2.45, 2.75) is 39.0 Å². The summed E-state index contributed by atoms with van der Waals surface area (Å²) >= 11 is 0. The molecule has 2 heterocycles. The highest BCUT2D eigenvalue weighted by Gasteiger charge is 2.39. The molecule has 0 radical (unpaired) electrons. The van der Waals surface area contributed by atoms with E-state index in [4.69, 9.17) is 4.74 Å². The molecule has 0 aromatic heterocycles. The Balaban J connectivity index is 1.59. The van der Waals surface area contributed by atoms with Gasteiger partial charge in [-0.1, -0.05) is 48.5 Å². The lowest BCUT2D eigenvalue weighted by Gasteiger charge is -2.33. The van der Waals surface area contributed by atoms with Gasteiger partial charge in [0.25, 0.3) is 11.8 Å². The smallest absolute Gasteiger partial charge is 0.414 e. The third kappa shape index (κ3) is 3.77. The van der Waals surface area contributed by atoms with E-state index in [9.17, 15) is 19.5 Å². The summed E-state index contributed by atoms with van der Waals surface area (Å²) in [6.45, 7) is 3.56. The SMILES string of the molecule is CC1=C(C)C(O/C=C2\CCC(c3ccccc3)N(C(=O)O)C2=O)N(c2ccccc2)C1=O. The average molecular weight is 432 g/mol. The molecule has 2 unspecified atom stereocenters. The Morgan fingerprint density at radius 1 is 1.00 bits per heavy atom. The van der Waals surface area contributed by atoms with Crippen LogP contribution in [0.2, 0.25) is 0 Å². The predicted molar refractivity (Wildman–Crippen MR) is 119 cm³/mol. The second-order valence-electron chi connectivity index (χ2n) is 7.87. The number of rotatable bonds is 4. The second-order valence-corrected chi connectivity index (χ2v) is 7.87. The molecule has 1 fully saturated rings. The highest BCUT2D eigenvalue weighted by atomic mass is 16.5. The summed E-state index contributed by atoms with van der Waals surface area (Å²) in [7, 11) is 0. The van der Waals surface area contributed by atoms with Gasteiger partial charge in [0, 0.05) is 11.3 Å². The van der Waals surface area contributed by atoms with E-state index < -0.39 is 24.3 Å². The second kappa shape index (κ2) is 8.70. The fourth-order valence-corrected chi connectivity index (χ4v) is 4.13. The van der Waals surface area contributed by atoms with Gasteiger partial charge < -0.3 is 9.84 Å². The fourth-order valence-electron chi connectivity index (χ4n) is 4.13. The van der Waals surface area contributed by atoms with Crippen molar-refractivity contribution in [3.05, 3.63) is 89.2 Å². The molecule has 7 nitrogen and oxygen atoms in total. The number of carbonyl (C=O) groups is 3. The highest BCUT2D eigenvalue weighted by Crippen LogP contribution is 2.36. The van der Waals surface area contributed by atoms with Gasteiger partial charge in [-0.25, -0.2) is 9.69 Å². The van der Waals surface area contributed by atoms with Crippen LogP contribution in [-0.4, -0.2) is 34.1 Å². The van der Waals surface area contributed by atoms with Crippen LogP contribution < -0.4 is 4.90 Å². The molecular formula is C25H24N2O5. The van der Waals surface area contributed by atoms with E-state index in [2.05, 4.69) is 0 Å². The van der Waals surface area contributed by atoms with Crippen LogP contribution in [0.4, 0.5) is 10.5 Å². The lowest BCUT2D eigenvalue weighted by Crippen LogP contribution is -2.43. The number of carboxylic acid groups (broad SMARTS) is 1. The van der Waals surface area contributed by atoms with Crippen molar-refractivity contribution in [2.75, 3.05) is 4.90 Å². The first kappa shape index (κ1) is 21.4. The number of hydrogen-bond donors (Lipinski definition) is 1. The van der Waals surface area contributed by atoms with Crippen molar-refractivity contribution in [3.63, 3.8) is 0 Å². The minimum absolute atomic E-state index is 0.164. The van der Waals surface area contributed by atoms with Crippen LogP contribution >= 0.6 is 0 Å². The standard InChI is InChI=1S/C25H24N2O5/c1-16-17(2)24(26(22(16)28)20-11-7-4-8-12-20)32-15-19-13-14-21(18-9-5-3-6-10-18)27(23(19)29)25(30)31/h3-12,15,21,24H,13-14H2,1-2H3,(H,30,31)/b19-15+. The van der Waals surface area contributed by atoms with E-state index in [1.54, 1.807) is 6.92 Å². The van der Waals surface area contributed by atoms with Crippen molar-refractivity contribution in [2.24, 2.45) is 0 Å². The van der Waals surface area contributed by atoms with Crippen molar-refractivity contribution < 1.29 is 24.2 Å².